The second-order valence-corrected chi connectivity index (χ2v) is 10.9. The molecule has 0 saturated carbocycles. The lowest BCUT2D eigenvalue weighted by Crippen LogP contribution is -2.35. The normalized spacial score (nSPS) is 18.5. The van der Waals surface area contributed by atoms with E-state index in [1.807, 2.05) is 19.1 Å². The Labute approximate surface area is 238 Å². The van der Waals surface area contributed by atoms with Crippen molar-refractivity contribution in [3.05, 3.63) is 58.8 Å². The van der Waals surface area contributed by atoms with Crippen molar-refractivity contribution in [3.8, 4) is 5.75 Å². The number of aromatic hydroxyl groups is 1. The number of thioether (sulfide) groups is 1. The average Bonchev–Trinajstić information content (AvgIpc) is 3.57. The zero-order valence-corrected chi connectivity index (χ0v) is 23.6. The molecule has 2 aromatic carbocycles. The molecule has 11 nitrogen and oxygen atoms in total. The molecule has 7 N–H and O–H groups in total. The van der Waals surface area contributed by atoms with E-state index in [9.17, 15) is 19.5 Å². The van der Waals surface area contributed by atoms with Crippen LogP contribution in [0.2, 0.25) is 0 Å². The van der Waals surface area contributed by atoms with E-state index < -0.39 is 11.2 Å². The first-order valence-corrected chi connectivity index (χ1v) is 14.3. The van der Waals surface area contributed by atoms with E-state index in [1.54, 1.807) is 31.2 Å². The van der Waals surface area contributed by atoms with Crippen LogP contribution in [0.4, 0.5) is 21.9 Å². The molecule has 214 valence electrons. The molecule has 1 atom stereocenters. The summed E-state index contributed by atoms with van der Waals surface area (Å²) < 4.78 is 0. The quantitative estimate of drug-likeness (QED) is 0.189. The molecule has 0 radical (unpaired) electrons. The molecule has 2 aliphatic heterocycles. The molecule has 12 heteroatoms. The number of nitrogens with one attached hydrogen (secondary N) is 4. The fourth-order valence-electron chi connectivity index (χ4n) is 4.64. The van der Waals surface area contributed by atoms with Crippen molar-refractivity contribution < 1.29 is 19.5 Å². The highest BCUT2D eigenvalue weighted by Crippen LogP contribution is 2.37. The Morgan fingerprint density at radius 1 is 1.07 bits per heavy atom. The molecule has 0 aliphatic carbocycles. The lowest BCUT2D eigenvalue weighted by Gasteiger charge is -2.17. The molecule has 2 aromatic rings. The van der Waals surface area contributed by atoms with Crippen LogP contribution in [-0.2, 0) is 9.59 Å². The number of likely N-dealkylation sites (tertiary alicyclic amines) is 1. The highest BCUT2D eigenvalue weighted by Gasteiger charge is 2.38. The van der Waals surface area contributed by atoms with Gasteiger partial charge >= 0.3 is 6.03 Å². The number of phenolic OH excluding ortho intramolecular Hbond substituents is 1. The van der Waals surface area contributed by atoms with Gasteiger partial charge in [-0.25, -0.2) is 4.79 Å². The third kappa shape index (κ3) is 7.19. The summed E-state index contributed by atoms with van der Waals surface area (Å²) in [5.41, 5.74) is 8.53. The minimum Gasteiger partial charge on any atom is -0.506 e. The highest BCUT2D eigenvalue weighted by molar-refractivity contribution is 8.04. The molecular formula is C28H37N7O4S. The Bertz CT molecular complexity index is 1240. The summed E-state index contributed by atoms with van der Waals surface area (Å²) in [5.74, 6) is -0.793. The van der Waals surface area contributed by atoms with Crippen LogP contribution in [0.1, 0.15) is 25.3 Å². The summed E-state index contributed by atoms with van der Waals surface area (Å²) in [7, 11) is 0. The van der Waals surface area contributed by atoms with Crippen molar-refractivity contribution in [2.75, 3.05) is 55.2 Å². The van der Waals surface area contributed by atoms with Crippen molar-refractivity contribution in [2.24, 2.45) is 5.73 Å². The molecule has 0 bridgehead atoms. The molecule has 0 unspecified atom stereocenters. The van der Waals surface area contributed by atoms with Crippen molar-refractivity contribution in [2.45, 2.75) is 31.9 Å². The lowest BCUT2D eigenvalue weighted by molar-refractivity contribution is -0.127. The van der Waals surface area contributed by atoms with E-state index in [4.69, 9.17) is 5.73 Å². The van der Waals surface area contributed by atoms with Crippen LogP contribution in [0.3, 0.4) is 0 Å². The number of amides is 4. The minimum absolute atomic E-state index is 0.0601. The molecule has 0 aromatic heterocycles. The summed E-state index contributed by atoms with van der Waals surface area (Å²) in [5, 5.41) is 21.6. The summed E-state index contributed by atoms with van der Waals surface area (Å²) in [6.45, 7) is 7.92. The maximum atomic E-state index is 13.1. The number of urea groups is 1. The molecule has 2 heterocycles. The largest absolute Gasteiger partial charge is 0.506 e. The van der Waals surface area contributed by atoms with Gasteiger partial charge in [-0.15, -0.1) is 0 Å². The monoisotopic (exact) mass is 567 g/mol. The topological polar surface area (TPSA) is 152 Å². The summed E-state index contributed by atoms with van der Waals surface area (Å²) in [4.78, 5) is 41.9. The number of benzene rings is 2. The van der Waals surface area contributed by atoms with Gasteiger partial charge in [0.2, 0.25) is 5.91 Å². The number of nitrogens with zero attached hydrogens (tertiary/aromatic N) is 2. The van der Waals surface area contributed by atoms with Crippen molar-refractivity contribution >= 4 is 46.7 Å². The van der Waals surface area contributed by atoms with Crippen LogP contribution in [0.5, 0.6) is 5.75 Å². The minimum atomic E-state index is -0.588. The number of hydrogen-bond donors (Lipinski definition) is 6. The van der Waals surface area contributed by atoms with E-state index in [0.717, 1.165) is 25.3 Å². The van der Waals surface area contributed by atoms with E-state index in [2.05, 4.69) is 26.2 Å². The Hall–Kier alpha value is -3.90. The molecule has 0 spiro atoms. The summed E-state index contributed by atoms with van der Waals surface area (Å²) in [6.07, 6.45) is 2.45. The third-order valence-corrected chi connectivity index (χ3v) is 8.18. The Kier molecular flexibility index (Phi) is 9.78. The van der Waals surface area contributed by atoms with Gasteiger partial charge in [0.05, 0.1) is 5.69 Å². The Morgan fingerprint density at radius 2 is 1.77 bits per heavy atom. The number of anilines is 3. The van der Waals surface area contributed by atoms with Crippen LogP contribution in [0, 0.1) is 6.92 Å². The van der Waals surface area contributed by atoms with Crippen LogP contribution in [0.25, 0.3) is 0 Å². The second-order valence-electron chi connectivity index (χ2n) is 9.72. The van der Waals surface area contributed by atoms with Gasteiger partial charge in [-0.1, -0.05) is 23.9 Å². The average molecular weight is 568 g/mol. The van der Waals surface area contributed by atoms with Gasteiger partial charge in [0.25, 0.3) is 5.91 Å². The van der Waals surface area contributed by atoms with Gasteiger partial charge in [0.15, 0.2) is 0 Å². The third-order valence-electron chi connectivity index (χ3n) is 6.87. The first kappa shape index (κ1) is 29.1. The zero-order valence-electron chi connectivity index (χ0n) is 22.8. The van der Waals surface area contributed by atoms with E-state index in [-0.39, 0.29) is 29.1 Å². The number of carbonyl (C=O) groups is 3. The molecule has 2 saturated heterocycles. The molecule has 2 aliphatic rings. The van der Waals surface area contributed by atoms with Crippen LogP contribution in [-0.4, -0.2) is 77.3 Å². The summed E-state index contributed by atoms with van der Waals surface area (Å²) in [6, 6.07) is 11.9. The van der Waals surface area contributed by atoms with Crippen molar-refractivity contribution in [1.82, 2.24) is 15.1 Å². The fourth-order valence-corrected chi connectivity index (χ4v) is 5.87. The smallest absolute Gasteiger partial charge is 0.319 e. The van der Waals surface area contributed by atoms with Crippen LogP contribution >= 0.6 is 11.8 Å². The van der Waals surface area contributed by atoms with Gasteiger partial charge in [0, 0.05) is 37.6 Å². The van der Waals surface area contributed by atoms with Crippen molar-refractivity contribution in [1.29, 1.82) is 0 Å². The van der Waals surface area contributed by atoms with E-state index in [1.165, 1.54) is 35.6 Å². The first-order chi connectivity index (χ1) is 19.3. The lowest BCUT2D eigenvalue weighted by atomic mass is 10.2. The number of rotatable bonds is 10. The molecular weight excluding hydrogens is 530 g/mol. The second kappa shape index (κ2) is 13.4. The standard InChI is InChI=1S/C28H37N7O4S/c1-3-35-26(38)22(40-27(35)23(29)25(37)33-24-18(2)7-6-8-21(24)36)17-31-19-9-11-20(12-10-19)32-28(39)30-13-16-34-14-4-5-15-34/h6-12,22,31,36H,3-5,13-17,29H2,1-2H3,(H,33,37)(H2,30,32,39)/b27-23+/t22-/m1/s1. The highest BCUT2D eigenvalue weighted by atomic mass is 32.2. The number of aryl methyl sites for hydroxylation is 1. The number of phenols is 1. The van der Waals surface area contributed by atoms with Gasteiger partial charge in [-0.2, -0.15) is 0 Å². The van der Waals surface area contributed by atoms with Gasteiger partial charge in [-0.05, 0) is 75.7 Å². The van der Waals surface area contributed by atoms with E-state index in [0.29, 0.717) is 35.9 Å². The number of nitrogens with two attached hydrogens (primary N) is 1. The van der Waals surface area contributed by atoms with Gasteiger partial charge < -0.3 is 41.9 Å². The maximum Gasteiger partial charge on any atom is 0.319 e. The van der Waals surface area contributed by atoms with Gasteiger partial charge in [-0.3, -0.25) is 9.59 Å². The predicted octanol–water partition coefficient (Wildman–Crippen LogP) is 3.06. The molecule has 4 amide bonds. The predicted molar refractivity (Wildman–Crippen MR) is 159 cm³/mol. The zero-order chi connectivity index (χ0) is 28.6. The number of hydrogen-bond acceptors (Lipinski definition) is 8. The van der Waals surface area contributed by atoms with Crippen LogP contribution < -0.4 is 27.0 Å². The fraction of sp³-hybridized carbons (Fsp3) is 0.393. The molecule has 40 heavy (non-hydrogen) atoms. The van der Waals surface area contributed by atoms with Crippen LogP contribution in [0.15, 0.2) is 53.2 Å². The molecule has 4 rings (SSSR count). The summed E-state index contributed by atoms with van der Waals surface area (Å²) >= 11 is 1.23. The number of carbonyl (C=O) groups excluding carboxylic acids is 3. The van der Waals surface area contributed by atoms with E-state index >= 15 is 0 Å². The van der Waals surface area contributed by atoms with Crippen molar-refractivity contribution in [3.63, 3.8) is 0 Å². The Morgan fingerprint density at radius 3 is 2.45 bits per heavy atom. The SMILES string of the molecule is CCN1C(=O)[C@@H](CNc2ccc(NC(=O)NCCN3CCCC3)cc2)S/C1=C(/N)C(=O)Nc1c(C)cccc1O. The first-order valence-electron chi connectivity index (χ1n) is 13.5. The maximum absolute atomic E-state index is 13.1. The molecule has 2 fully saturated rings. The van der Waals surface area contributed by atoms with Gasteiger partial charge in [0.1, 0.15) is 21.7 Å². The number of para-hydroxylation sites is 1. The Balaban J connectivity index is 1.30.